The van der Waals surface area contributed by atoms with Crippen LogP contribution in [0.2, 0.25) is 0 Å². The minimum absolute atomic E-state index is 0.0211. The van der Waals surface area contributed by atoms with Gasteiger partial charge in [0.2, 0.25) is 5.91 Å². The van der Waals surface area contributed by atoms with Gasteiger partial charge in [0.15, 0.2) is 0 Å². The van der Waals surface area contributed by atoms with Gasteiger partial charge in [-0.05, 0) is 39.3 Å². The zero-order valence-corrected chi connectivity index (χ0v) is 9.52. The lowest BCUT2D eigenvalue weighted by atomic mass is 10.2. The second-order valence-electron chi connectivity index (χ2n) is 3.75. The van der Waals surface area contributed by atoms with Gasteiger partial charge in [0.05, 0.1) is 6.04 Å². The Labute approximate surface area is 90.8 Å². The van der Waals surface area contributed by atoms with Crippen molar-refractivity contribution < 1.29 is 4.79 Å². The minimum atomic E-state index is 0.0211. The van der Waals surface area contributed by atoms with Gasteiger partial charge in [-0.15, -0.1) is 11.6 Å². The van der Waals surface area contributed by atoms with Gasteiger partial charge in [0.1, 0.15) is 0 Å². The van der Waals surface area contributed by atoms with E-state index >= 15 is 0 Å². The van der Waals surface area contributed by atoms with Gasteiger partial charge in [0.25, 0.3) is 0 Å². The van der Waals surface area contributed by atoms with E-state index < -0.39 is 0 Å². The molecule has 1 fully saturated rings. The van der Waals surface area contributed by atoms with E-state index in [-0.39, 0.29) is 11.9 Å². The van der Waals surface area contributed by atoms with E-state index in [2.05, 4.69) is 10.2 Å². The molecule has 1 saturated heterocycles. The van der Waals surface area contributed by atoms with Crippen molar-refractivity contribution in [1.29, 1.82) is 0 Å². The first-order valence-electron chi connectivity index (χ1n) is 5.33. The monoisotopic (exact) mass is 218 g/mol. The number of carbonyl (C=O) groups excluding carboxylic acids is 1. The summed E-state index contributed by atoms with van der Waals surface area (Å²) in [6, 6.07) is 0.0211. The van der Waals surface area contributed by atoms with E-state index in [0.29, 0.717) is 12.4 Å². The van der Waals surface area contributed by atoms with Crippen molar-refractivity contribution in [2.24, 2.45) is 0 Å². The van der Waals surface area contributed by atoms with Gasteiger partial charge in [-0.2, -0.15) is 0 Å². The van der Waals surface area contributed by atoms with Crippen LogP contribution < -0.4 is 5.32 Å². The molecule has 0 aromatic rings. The first-order chi connectivity index (χ1) is 6.75. The molecule has 0 saturated carbocycles. The average Bonchev–Trinajstić information content (AvgIpc) is 2.69. The van der Waals surface area contributed by atoms with Crippen molar-refractivity contribution in [2.45, 2.75) is 32.2 Å². The number of hydrogen-bond acceptors (Lipinski definition) is 2. The molecular weight excluding hydrogens is 200 g/mol. The summed E-state index contributed by atoms with van der Waals surface area (Å²) < 4.78 is 0. The predicted octanol–water partition coefficient (Wildman–Crippen LogP) is 1.22. The third kappa shape index (κ3) is 3.46. The number of likely N-dealkylation sites (tertiary alicyclic amines) is 1. The summed E-state index contributed by atoms with van der Waals surface area (Å²) in [7, 11) is 0. The summed E-state index contributed by atoms with van der Waals surface area (Å²) in [5, 5.41) is 2.90. The van der Waals surface area contributed by atoms with E-state index in [9.17, 15) is 4.79 Å². The lowest BCUT2D eigenvalue weighted by molar-refractivity contribution is -0.125. The quantitative estimate of drug-likeness (QED) is 0.556. The summed E-state index contributed by atoms with van der Waals surface area (Å²) in [5.41, 5.74) is 0. The van der Waals surface area contributed by atoms with Crippen LogP contribution in [-0.2, 0) is 4.79 Å². The minimum Gasteiger partial charge on any atom is -0.355 e. The Balaban J connectivity index is 2.21. The van der Waals surface area contributed by atoms with Crippen molar-refractivity contribution in [3.8, 4) is 0 Å². The number of halogens is 1. The fourth-order valence-corrected chi connectivity index (χ4v) is 1.85. The van der Waals surface area contributed by atoms with Crippen molar-refractivity contribution >= 4 is 17.5 Å². The van der Waals surface area contributed by atoms with Crippen LogP contribution in [-0.4, -0.2) is 42.4 Å². The smallest absolute Gasteiger partial charge is 0.237 e. The summed E-state index contributed by atoms with van der Waals surface area (Å²) in [6.45, 7) is 4.79. The molecular formula is C10H19ClN2O. The first-order valence-corrected chi connectivity index (χ1v) is 5.87. The van der Waals surface area contributed by atoms with Crippen molar-refractivity contribution in [3.05, 3.63) is 0 Å². The van der Waals surface area contributed by atoms with E-state index in [0.717, 1.165) is 19.5 Å². The van der Waals surface area contributed by atoms with Gasteiger partial charge >= 0.3 is 0 Å². The standard InChI is InChI=1S/C10H19ClN2O/c1-9(13-7-2-3-8-13)10(14)12-6-4-5-11/h9H,2-8H2,1H3,(H,12,14)/t9-/m1/s1. The lowest BCUT2D eigenvalue weighted by Gasteiger charge is -2.22. The highest BCUT2D eigenvalue weighted by molar-refractivity contribution is 6.17. The second kappa shape index (κ2) is 6.25. The summed E-state index contributed by atoms with van der Waals surface area (Å²) in [4.78, 5) is 13.8. The molecule has 1 heterocycles. The van der Waals surface area contributed by atoms with E-state index in [4.69, 9.17) is 11.6 Å². The van der Waals surface area contributed by atoms with Gasteiger partial charge in [-0.1, -0.05) is 0 Å². The molecule has 1 atom stereocenters. The van der Waals surface area contributed by atoms with Gasteiger partial charge in [-0.3, -0.25) is 9.69 Å². The van der Waals surface area contributed by atoms with Crippen LogP contribution in [0.25, 0.3) is 0 Å². The number of amides is 1. The summed E-state index contributed by atoms with van der Waals surface area (Å²) >= 11 is 5.53. The molecule has 4 heteroatoms. The van der Waals surface area contributed by atoms with Crippen LogP contribution in [0.1, 0.15) is 26.2 Å². The van der Waals surface area contributed by atoms with Crippen LogP contribution in [0.15, 0.2) is 0 Å². The molecule has 0 unspecified atom stereocenters. The van der Waals surface area contributed by atoms with Crippen LogP contribution in [0.4, 0.5) is 0 Å². The maximum atomic E-state index is 11.6. The molecule has 14 heavy (non-hydrogen) atoms. The van der Waals surface area contributed by atoms with Gasteiger partial charge in [-0.25, -0.2) is 0 Å². The number of hydrogen-bond donors (Lipinski definition) is 1. The fourth-order valence-electron chi connectivity index (χ4n) is 1.72. The number of nitrogens with one attached hydrogen (secondary N) is 1. The highest BCUT2D eigenvalue weighted by atomic mass is 35.5. The molecule has 1 amide bonds. The zero-order valence-electron chi connectivity index (χ0n) is 8.76. The Morgan fingerprint density at radius 2 is 2.14 bits per heavy atom. The van der Waals surface area contributed by atoms with Crippen LogP contribution >= 0.6 is 11.6 Å². The first kappa shape index (κ1) is 11.8. The molecule has 1 rings (SSSR count). The van der Waals surface area contributed by atoms with Crippen LogP contribution in [0.5, 0.6) is 0 Å². The number of carbonyl (C=O) groups is 1. The maximum absolute atomic E-state index is 11.6. The SMILES string of the molecule is C[C@H](C(=O)NCCCCl)N1CCCC1. The van der Waals surface area contributed by atoms with E-state index in [1.54, 1.807) is 0 Å². The van der Waals surface area contributed by atoms with Crippen molar-refractivity contribution in [1.82, 2.24) is 10.2 Å². The fraction of sp³-hybridized carbons (Fsp3) is 0.900. The van der Waals surface area contributed by atoms with E-state index in [1.165, 1.54) is 12.8 Å². The van der Waals surface area contributed by atoms with Gasteiger partial charge < -0.3 is 5.32 Å². The lowest BCUT2D eigenvalue weighted by Crippen LogP contribution is -2.44. The summed E-state index contributed by atoms with van der Waals surface area (Å²) in [6.07, 6.45) is 3.29. The molecule has 3 nitrogen and oxygen atoms in total. The van der Waals surface area contributed by atoms with Crippen LogP contribution in [0, 0.1) is 0 Å². The number of alkyl halides is 1. The number of nitrogens with zero attached hydrogens (tertiary/aromatic N) is 1. The Kier molecular flexibility index (Phi) is 5.26. The molecule has 0 aliphatic carbocycles. The van der Waals surface area contributed by atoms with Crippen LogP contribution in [0.3, 0.4) is 0 Å². The predicted molar refractivity (Wildman–Crippen MR) is 58.6 cm³/mol. The van der Waals surface area contributed by atoms with Crippen molar-refractivity contribution in [3.63, 3.8) is 0 Å². The van der Waals surface area contributed by atoms with E-state index in [1.807, 2.05) is 6.92 Å². The topological polar surface area (TPSA) is 32.3 Å². The average molecular weight is 219 g/mol. The normalized spacial score (nSPS) is 19.6. The largest absolute Gasteiger partial charge is 0.355 e. The molecule has 0 radical (unpaired) electrons. The Hall–Kier alpha value is -0.280. The molecule has 0 aromatic carbocycles. The van der Waals surface area contributed by atoms with Crippen molar-refractivity contribution in [2.75, 3.05) is 25.5 Å². The molecule has 0 aromatic heterocycles. The molecule has 1 N–H and O–H groups in total. The third-order valence-corrected chi connectivity index (χ3v) is 2.94. The Bertz CT molecular complexity index is 181. The molecule has 1 aliphatic heterocycles. The molecule has 82 valence electrons. The molecule has 0 bridgehead atoms. The zero-order chi connectivity index (χ0) is 10.4. The number of rotatable bonds is 5. The molecule has 1 aliphatic rings. The van der Waals surface area contributed by atoms with Gasteiger partial charge in [0, 0.05) is 12.4 Å². The second-order valence-corrected chi connectivity index (χ2v) is 4.13. The highest BCUT2D eigenvalue weighted by Crippen LogP contribution is 2.11. The Morgan fingerprint density at radius 1 is 1.50 bits per heavy atom. The molecule has 0 spiro atoms. The highest BCUT2D eigenvalue weighted by Gasteiger charge is 2.23. The maximum Gasteiger partial charge on any atom is 0.237 e. The third-order valence-electron chi connectivity index (χ3n) is 2.68. The Morgan fingerprint density at radius 3 is 2.71 bits per heavy atom. The summed E-state index contributed by atoms with van der Waals surface area (Å²) in [5.74, 6) is 0.746.